The average molecular weight is 270 g/mol. The Morgan fingerprint density at radius 1 is 1.35 bits per heavy atom. The summed E-state index contributed by atoms with van der Waals surface area (Å²) in [4.78, 5) is 0. The van der Waals surface area contributed by atoms with Crippen LogP contribution >= 0.6 is 23.2 Å². The number of nitrogens with one attached hydrogen (secondary N) is 1. The molecule has 2 rings (SSSR count). The third-order valence-electron chi connectivity index (χ3n) is 3.56. The standard InChI is InChI=1S/C14H17Cl2N/c1-3-9(2)11-7-17-8-12(11)10-4-5-13(15)14(16)6-10/h4-6,11-12,17H,2-3,7-8H2,1H3/t11-,12-/m1/s1. The van der Waals surface area contributed by atoms with Crippen LogP contribution in [0.15, 0.2) is 30.4 Å². The summed E-state index contributed by atoms with van der Waals surface area (Å²) in [6.45, 7) is 8.33. The normalized spacial score (nSPS) is 23.9. The van der Waals surface area contributed by atoms with E-state index >= 15 is 0 Å². The van der Waals surface area contributed by atoms with Gasteiger partial charge in [-0.25, -0.2) is 0 Å². The molecule has 0 unspecified atom stereocenters. The number of benzene rings is 1. The van der Waals surface area contributed by atoms with Gasteiger partial charge in [0.15, 0.2) is 0 Å². The van der Waals surface area contributed by atoms with Crippen LogP contribution in [0.5, 0.6) is 0 Å². The Morgan fingerprint density at radius 2 is 2.12 bits per heavy atom. The molecule has 0 bridgehead atoms. The smallest absolute Gasteiger partial charge is 0.0595 e. The molecule has 1 saturated heterocycles. The Bertz CT molecular complexity index is 428. The first kappa shape index (κ1) is 12.9. The van der Waals surface area contributed by atoms with E-state index in [1.54, 1.807) is 0 Å². The Kier molecular flexibility index (Phi) is 4.13. The topological polar surface area (TPSA) is 12.0 Å². The molecule has 3 heteroatoms. The van der Waals surface area contributed by atoms with Gasteiger partial charge in [-0.1, -0.05) is 48.3 Å². The summed E-state index contributed by atoms with van der Waals surface area (Å²) in [6, 6.07) is 5.93. The molecule has 0 saturated carbocycles. The zero-order chi connectivity index (χ0) is 12.4. The largest absolute Gasteiger partial charge is 0.315 e. The second-order valence-corrected chi connectivity index (χ2v) is 5.37. The molecular formula is C14H17Cl2N. The van der Waals surface area contributed by atoms with E-state index in [0.29, 0.717) is 21.9 Å². The van der Waals surface area contributed by atoms with Gasteiger partial charge in [-0.05, 0) is 24.1 Å². The van der Waals surface area contributed by atoms with Crippen molar-refractivity contribution in [1.29, 1.82) is 0 Å². The van der Waals surface area contributed by atoms with E-state index in [2.05, 4.69) is 24.9 Å². The summed E-state index contributed by atoms with van der Waals surface area (Å²) in [5.41, 5.74) is 2.56. The van der Waals surface area contributed by atoms with E-state index < -0.39 is 0 Å². The molecule has 1 aliphatic heterocycles. The molecule has 2 atom stereocenters. The molecule has 17 heavy (non-hydrogen) atoms. The lowest BCUT2D eigenvalue weighted by atomic mass is 9.83. The highest BCUT2D eigenvalue weighted by molar-refractivity contribution is 6.42. The van der Waals surface area contributed by atoms with E-state index in [9.17, 15) is 0 Å². The van der Waals surface area contributed by atoms with Gasteiger partial charge in [0.1, 0.15) is 0 Å². The lowest BCUT2D eigenvalue weighted by Gasteiger charge is -2.21. The number of halogens is 2. The van der Waals surface area contributed by atoms with Crippen LogP contribution in [0.1, 0.15) is 24.8 Å². The first-order valence-electron chi connectivity index (χ1n) is 5.96. The molecule has 1 N–H and O–H groups in total. The van der Waals surface area contributed by atoms with Crippen molar-refractivity contribution in [3.05, 3.63) is 46.0 Å². The van der Waals surface area contributed by atoms with Crippen molar-refractivity contribution in [2.75, 3.05) is 13.1 Å². The number of hydrogen-bond acceptors (Lipinski definition) is 1. The minimum Gasteiger partial charge on any atom is -0.315 e. The quantitative estimate of drug-likeness (QED) is 0.809. The van der Waals surface area contributed by atoms with Gasteiger partial charge in [0.05, 0.1) is 10.0 Å². The van der Waals surface area contributed by atoms with Crippen LogP contribution in [-0.2, 0) is 0 Å². The predicted molar refractivity (Wildman–Crippen MR) is 75.0 cm³/mol. The molecule has 0 radical (unpaired) electrons. The van der Waals surface area contributed by atoms with Gasteiger partial charge in [0, 0.05) is 24.9 Å². The van der Waals surface area contributed by atoms with Crippen LogP contribution in [0.4, 0.5) is 0 Å². The average Bonchev–Trinajstić information content (AvgIpc) is 2.80. The van der Waals surface area contributed by atoms with Crippen molar-refractivity contribution in [2.45, 2.75) is 19.3 Å². The van der Waals surface area contributed by atoms with Gasteiger partial charge in [0.2, 0.25) is 0 Å². The lowest BCUT2D eigenvalue weighted by molar-refractivity contribution is 0.585. The molecule has 92 valence electrons. The highest BCUT2D eigenvalue weighted by atomic mass is 35.5. The molecule has 0 aromatic heterocycles. The maximum absolute atomic E-state index is 6.08. The van der Waals surface area contributed by atoms with Crippen LogP contribution in [0, 0.1) is 5.92 Å². The fourth-order valence-corrected chi connectivity index (χ4v) is 2.77. The first-order chi connectivity index (χ1) is 8.13. The number of hydrogen-bond donors (Lipinski definition) is 1. The Morgan fingerprint density at radius 3 is 2.76 bits per heavy atom. The van der Waals surface area contributed by atoms with Gasteiger partial charge in [-0.3, -0.25) is 0 Å². The molecule has 1 aromatic rings. The van der Waals surface area contributed by atoms with Gasteiger partial charge in [-0.15, -0.1) is 0 Å². The highest BCUT2D eigenvalue weighted by Gasteiger charge is 2.29. The maximum atomic E-state index is 6.08. The Balaban J connectivity index is 2.26. The van der Waals surface area contributed by atoms with E-state index in [1.807, 2.05) is 12.1 Å². The van der Waals surface area contributed by atoms with Crippen molar-refractivity contribution < 1.29 is 0 Å². The maximum Gasteiger partial charge on any atom is 0.0595 e. The van der Waals surface area contributed by atoms with Crippen molar-refractivity contribution in [3.8, 4) is 0 Å². The first-order valence-corrected chi connectivity index (χ1v) is 6.72. The summed E-state index contributed by atoms with van der Waals surface area (Å²) >= 11 is 12.0. The SMILES string of the molecule is C=C(CC)[C@H]1CNC[C@@H]1c1ccc(Cl)c(Cl)c1. The summed E-state index contributed by atoms with van der Waals surface area (Å²) in [7, 11) is 0. The van der Waals surface area contributed by atoms with Crippen molar-refractivity contribution in [1.82, 2.24) is 5.32 Å². The lowest BCUT2D eigenvalue weighted by Crippen LogP contribution is -2.12. The second-order valence-electron chi connectivity index (χ2n) is 4.56. The van der Waals surface area contributed by atoms with Crippen LogP contribution in [0.3, 0.4) is 0 Å². The molecule has 0 spiro atoms. The summed E-state index contributed by atoms with van der Waals surface area (Å²) < 4.78 is 0. The van der Waals surface area contributed by atoms with Gasteiger partial charge in [-0.2, -0.15) is 0 Å². The van der Waals surface area contributed by atoms with Crippen LogP contribution < -0.4 is 5.32 Å². The minimum atomic E-state index is 0.470. The Hall–Kier alpha value is -0.500. The van der Waals surface area contributed by atoms with E-state index in [1.165, 1.54) is 11.1 Å². The van der Waals surface area contributed by atoms with E-state index in [4.69, 9.17) is 23.2 Å². The fraction of sp³-hybridized carbons (Fsp3) is 0.429. The third-order valence-corrected chi connectivity index (χ3v) is 4.30. The fourth-order valence-electron chi connectivity index (χ4n) is 2.46. The molecular weight excluding hydrogens is 253 g/mol. The van der Waals surface area contributed by atoms with Gasteiger partial charge < -0.3 is 5.32 Å². The molecule has 1 heterocycles. The molecule has 1 aliphatic rings. The zero-order valence-corrected chi connectivity index (χ0v) is 11.5. The highest BCUT2D eigenvalue weighted by Crippen LogP contribution is 2.36. The Labute approximate surface area is 113 Å². The summed E-state index contributed by atoms with van der Waals surface area (Å²) in [5.74, 6) is 0.981. The predicted octanol–water partition coefficient (Wildman–Crippen LogP) is 4.26. The monoisotopic (exact) mass is 269 g/mol. The van der Waals surface area contributed by atoms with E-state index in [-0.39, 0.29) is 0 Å². The second kappa shape index (κ2) is 5.43. The number of rotatable bonds is 3. The van der Waals surface area contributed by atoms with Crippen LogP contribution in [0.25, 0.3) is 0 Å². The molecule has 1 fully saturated rings. The van der Waals surface area contributed by atoms with Crippen molar-refractivity contribution in [3.63, 3.8) is 0 Å². The zero-order valence-electron chi connectivity index (χ0n) is 9.97. The summed E-state index contributed by atoms with van der Waals surface area (Å²) in [6.07, 6.45) is 1.03. The third kappa shape index (κ3) is 2.67. The van der Waals surface area contributed by atoms with E-state index in [0.717, 1.165) is 19.5 Å². The van der Waals surface area contributed by atoms with Gasteiger partial charge in [0.25, 0.3) is 0 Å². The molecule has 0 aliphatic carbocycles. The molecule has 1 aromatic carbocycles. The summed E-state index contributed by atoms with van der Waals surface area (Å²) in [5, 5.41) is 4.69. The molecule has 1 nitrogen and oxygen atoms in total. The van der Waals surface area contributed by atoms with Crippen molar-refractivity contribution >= 4 is 23.2 Å². The minimum absolute atomic E-state index is 0.470. The van der Waals surface area contributed by atoms with Crippen molar-refractivity contribution in [2.24, 2.45) is 5.92 Å². The van der Waals surface area contributed by atoms with Crippen LogP contribution in [-0.4, -0.2) is 13.1 Å². The molecule has 0 amide bonds. The van der Waals surface area contributed by atoms with Gasteiger partial charge >= 0.3 is 0 Å². The van der Waals surface area contributed by atoms with Crippen LogP contribution in [0.2, 0.25) is 10.0 Å².